The van der Waals surface area contributed by atoms with Crippen LogP contribution in [0.3, 0.4) is 0 Å². The van der Waals surface area contributed by atoms with Gasteiger partial charge in [0.15, 0.2) is 0 Å². The number of fused-ring (bicyclic) bond motifs is 1. The Balaban J connectivity index is 1.62. The summed E-state index contributed by atoms with van der Waals surface area (Å²) in [5.41, 5.74) is 1.76. The van der Waals surface area contributed by atoms with Gasteiger partial charge in [-0.3, -0.25) is 0 Å². The van der Waals surface area contributed by atoms with Crippen molar-refractivity contribution in [3.8, 4) is 6.01 Å². The molecule has 1 aliphatic rings. The van der Waals surface area contributed by atoms with Crippen LogP contribution in [0.25, 0.3) is 11.0 Å². The van der Waals surface area contributed by atoms with Crippen molar-refractivity contribution in [3.63, 3.8) is 0 Å². The van der Waals surface area contributed by atoms with Crippen molar-refractivity contribution in [2.75, 3.05) is 19.7 Å². The standard InChI is InChI=1S/C14H19N3O2/c1-14(2)9-15-7-10(19-14)8-18-13-16-11-5-3-4-6-12(11)17-13/h3-6,10,15H,7-9H2,1-2H3,(H,16,17). The van der Waals surface area contributed by atoms with Gasteiger partial charge in [0.2, 0.25) is 0 Å². The number of aromatic nitrogens is 2. The summed E-state index contributed by atoms with van der Waals surface area (Å²) in [5.74, 6) is 0. The van der Waals surface area contributed by atoms with Gasteiger partial charge in [0.05, 0.1) is 16.6 Å². The normalized spacial score (nSPS) is 22.5. The van der Waals surface area contributed by atoms with Gasteiger partial charge in [-0.25, -0.2) is 0 Å². The van der Waals surface area contributed by atoms with Crippen LogP contribution in [0.5, 0.6) is 6.01 Å². The Kier molecular flexibility index (Phi) is 3.16. The second-order valence-corrected chi connectivity index (χ2v) is 5.50. The van der Waals surface area contributed by atoms with Crippen molar-refractivity contribution < 1.29 is 9.47 Å². The highest BCUT2D eigenvalue weighted by molar-refractivity contribution is 5.75. The number of morpholine rings is 1. The fourth-order valence-electron chi connectivity index (χ4n) is 2.33. The van der Waals surface area contributed by atoms with Crippen molar-refractivity contribution in [1.82, 2.24) is 15.3 Å². The first kappa shape index (κ1) is 12.4. The number of hydrogen-bond donors (Lipinski definition) is 2. The van der Waals surface area contributed by atoms with E-state index in [-0.39, 0.29) is 11.7 Å². The predicted octanol–water partition coefficient (Wildman–Crippen LogP) is 1.71. The lowest BCUT2D eigenvalue weighted by Crippen LogP contribution is -2.52. The SMILES string of the molecule is CC1(C)CNCC(COc2nc3ccccc3[nH]2)O1. The third-order valence-electron chi connectivity index (χ3n) is 3.18. The zero-order chi connectivity index (χ0) is 13.3. The lowest BCUT2D eigenvalue weighted by molar-refractivity contribution is -0.107. The van der Waals surface area contributed by atoms with E-state index >= 15 is 0 Å². The molecule has 1 aliphatic heterocycles. The highest BCUT2D eigenvalue weighted by Crippen LogP contribution is 2.18. The van der Waals surface area contributed by atoms with Crippen LogP contribution >= 0.6 is 0 Å². The number of rotatable bonds is 3. The molecule has 1 saturated heterocycles. The quantitative estimate of drug-likeness (QED) is 0.883. The van der Waals surface area contributed by atoms with Gasteiger partial charge >= 0.3 is 0 Å². The van der Waals surface area contributed by atoms with Crippen molar-refractivity contribution in [2.24, 2.45) is 0 Å². The molecule has 1 aromatic heterocycles. The van der Waals surface area contributed by atoms with Gasteiger partial charge in [0.25, 0.3) is 6.01 Å². The Labute approximate surface area is 112 Å². The minimum Gasteiger partial charge on any atom is -0.462 e. The third-order valence-corrected chi connectivity index (χ3v) is 3.18. The summed E-state index contributed by atoms with van der Waals surface area (Å²) in [5, 5.41) is 3.35. The molecule has 19 heavy (non-hydrogen) atoms. The number of H-pyrrole nitrogens is 1. The van der Waals surface area contributed by atoms with Crippen LogP contribution in [-0.4, -0.2) is 41.4 Å². The molecule has 0 saturated carbocycles. The molecule has 2 heterocycles. The molecule has 5 nitrogen and oxygen atoms in total. The van der Waals surface area contributed by atoms with Crippen LogP contribution in [0.1, 0.15) is 13.8 Å². The maximum absolute atomic E-state index is 5.94. The second-order valence-electron chi connectivity index (χ2n) is 5.50. The van der Waals surface area contributed by atoms with Gasteiger partial charge < -0.3 is 19.8 Å². The molecule has 0 aliphatic carbocycles. The van der Waals surface area contributed by atoms with Crippen LogP contribution in [0.2, 0.25) is 0 Å². The van der Waals surface area contributed by atoms with E-state index in [0.717, 1.165) is 24.1 Å². The van der Waals surface area contributed by atoms with Gasteiger partial charge in [-0.1, -0.05) is 12.1 Å². The molecule has 0 amide bonds. The number of nitrogens with zero attached hydrogens (tertiary/aromatic N) is 1. The minimum atomic E-state index is -0.139. The van der Waals surface area contributed by atoms with Gasteiger partial charge in [0.1, 0.15) is 12.7 Å². The van der Waals surface area contributed by atoms with Crippen LogP contribution in [0.4, 0.5) is 0 Å². The molecule has 0 radical (unpaired) electrons. The summed E-state index contributed by atoms with van der Waals surface area (Å²) in [7, 11) is 0. The Hall–Kier alpha value is -1.59. The van der Waals surface area contributed by atoms with E-state index in [9.17, 15) is 0 Å². The summed E-state index contributed by atoms with van der Waals surface area (Å²) in [6.45, 7) is 6.33. The zero-order valence-electron chi connectivity index (χ0n) is 11.3. The molecule has 102 valence electrons. The number of hydrogen-bond acceptors (Lipinski definition) is 4. The van der Waals surface area contributed by atoms with E-state index in [4.69, 9.17) is 9.47 Å². The molecule has 0 spiro atoms. The molecule has 5 heteroatoms. The molecule has 2 N–H and O–H groups in total. The van der Waals surface area contributed by atoms with Gasteiger partial charge in [-0.05, 0) is 26.0 Å². The predicted molar refractivity (Wildman–Crippen MR) is 73.4 cm³/mol. The van der Waals surface area contributed by atoms with E-state index in [1.165, 1.54) is 0 Å². The highest BCUT2D eigenvalue weighted by atomic mass is 16.6. The van der Waals surface area contributed by atoms with E-state index in [1.54, 1.807) is 0 Å². The molecule has 0 bridgehead atoms. The summed E-state index contributed by atoms with van der Waals surface area (Å²) in [4.78, 5) is 7.53. The van der Waals surface area contributed by atoms with Crippen LogP contribution in [0.15, 0.2) is 24.3 Å². The Morgan fingerprint density at radius 3 is 3.05 bits per heavy atom. The van der Waals surface area contributed by atoms with Gasteiger partial charge in [-0.15, -0.1) is 0 Å². The Morgan fingerprint density at radius 1 is 1.42 bits per heavy atom. The van der Waals surface area contributed by atoms with Crippen molar-refractivity contribution >= 4 is 11.0 Å². The first-order chi connectivity index (χ1) is 9.12. The van der Waals surface area contributed by atoms with Crippen LogP contribution < -0.4 is 10.1 Å². The highest BCUT2D eigenvalue weighted by Gasteiger charge is 2.28. The smallest absolute Gasteiger partial charge is 0.294 e. The number of imidazole rings is 1. The fourth-order valence-corrected chi connectivity index (χ4v) is 2.33. The molecule has 2 aromatic rings. The monoisotopic (exact) mass is 261 g/mol. The second kappa shape index (κ2) is 4.83. The maximum Gasteiger partial charge on any atom is 0.294 e. The third kappa shape index (κ3) is 2.88. The Morgan fingerprint density at radius 2 is 2.26 bits per heavy atom. The lowest BCUT2D eigenvalue weighted by Gasteiger charge is -2.36. The molecule has 1 unspecified atom stereocenters. The average Bonchev–Trinajstić information content (AvgIpc) is 2.78. The first-order valence-electron chi connectivity index (χ1n) is 6.58. The van der Waals surface area contributed by atoms with Crippen LogP contribution in [0, 0.1) is 0 Å². The maximum atomic E-state index is 5.94. The molecule has 1 fully saturated rings. The van der Waals surface area contributed by atoms with E-state index < -0.39 is 0 Å². The fraction of sp³-hybridized carbons (Fsp3) is 0.500. The molecule has 1 aromatic carbocycles. The van der Waals surface area contributed by atoms with Gasteiger partial charge in [-0.2, -0.15) is 4.98 Å². The van der Waals surface area contributed by atoms with Crippen molar-refractivity contribution in [3.05, 3.63) is 24.3 Å². The molecule has 1 atom stereocenters. The average molecular weight is 261 g/mol. The van der Waals surface area contributed by atoms with E-state index in [0.29, 0.717) is 12.6 Å². The Bertz CT molecular complexity index is 532. The lowest BCUT2D eigenvalue weighted by atomic mass is 10.1. The van der Waals surface area contributed by atoms with E-state index in [1.807, 2.05) is 24.3 Å². The summed E-state index contributed by atoms with van der Waals surface area (Å²) < 4.78 is 11.6. The minimum absolute atomic E-state index is 0.0527. The number of nitrogens with one attached hydrogen (secondary N) is 2. The van der Waals surface area contributed by atoms with Gasteiger partial charge in [0, 0.05) is 13.1 Å². The zero-order valence-corrected chi connectivity index (χ0v) is 11.3. The molecule has 3 rings (SSSR count). The van der Waals surface area contributed by atoms with Crippen molar-refractivity contribution in [1.29, 1.82) is 0 Å². The number of ether oxygens (including phenoxy) is 2. The molecular formula is C14H19N3O2. The van der Waals surface area contributed by atoms with Crippen molar-refractivity contribution in [2.45, 2.75) is 25.6 Å². The summed E-state index contributed by atoms with van der Waals surface area (Å²) >= 11 is 0. The molecular weight excluding hydrogens is 242 g/mol. The van der Waals surface area contributed by atoms with E-state index in [2.05, 4.69) is 29.1 Å². The topological polar surface area (TPSA) is 59.2 Å². The largest absolute Gasteiger partial charge is 0.462 e. The summed E-state index contributed by atoms with van der Waals surface area (Å²) in [6, 6.07) is 8.43. The number of para-hydroxylation sites is 2. The summed E-state index contributed by atoms with van der Waals surface area (Å²) in [6.07, 6.45) is 0.0527. The number of benzene rings is 1. The van der Waals surface area contributed by atoms with Crippen LogP contribution in [-0.2, 0) is 4.74 Å². The first-order valence-corrected chi connectivity index (χ1v) is 6.58. The number of aromatic amines is 1.